The van der Waals surface area contributed by atoms with Gasteiger partial charge in [-0.15, -0.1) is 0 Å². The minimum Gasteiger partial charge on any atom is -0.481 e. The molecule has 0 radical (unpaired) electrons. The zero-order valence-corrected chi connectivity index (χ0v) is 10.3. The summed E-state index contributed by atoms with van der Waals surface area (Å²) in [4.78, 5) is 8.60. The summed E-state index contributed by atoms with van der Waals surface area (Å²) in [6.45, 7) is 0. The molecule has 0 amide bonds. The Labute approximate surface area is 105 Å². The molecule has 5 nitrogen and oxygen atoms in total. The van der Waals surface area contributed by atoms with E-state index < -0.39 is 0 Å². The fourth-order valence-corrected chi connectivity index (χ4v) is 2.49. The molecular formula is C13H15N3O2. The van der Waals surface area contributed by atoms with E-state index in [9.17, 15) is 0 Å². The number of nitrogens with zero attached hydrogens (tertiary/aromatic N) is 3. The van der Waals surface area contributed by atoms with Gasteiger partial charge in [0.15, 0.2) is 0 Å². The topological polar surface area (TPSA) is 61.0 Å². The van der Waals surface area contributed by atoms with Crippen molar-refractivity contribution in [2.75, 3.05) is 7.11 Å². The van der Waals surface area contributed by atoms with Crippen LogP contribution in [0.5, 0.6) is 5.88 Å². The minimum atomic E-state index is 0.533. The molecule has 0 atom stereocenters. The van der Waals surface area contributed by atoms with Crippen molar-refractivity contribution in [1.29, 1.82) is 0 Å². The molecule has 2 aromatic heterocycles. The highest BCUT2D eigenvalue weighted by molar-refractivity contribution is 5.56. The molecule has 1 saturated carbocycles. The predicted octanol–water partition coefficient (Wildman–Crippen LogP) is 2.80. The van der Waals surface area contributed by atoms with Crippen LogP contribution in [0.2, 0.25) is 0 Å². The van der Waals surface area contributed by atoms with E-state index in [1.54, 1.807) is 7.11 Å². The lowest BCUT2D eigenvalue weighted by Gasteiger charge is -2.11. The van der Waals surface area contributed by atoms with Gasteiger partial charge in [-0.2, -0.15) is 4.98 Å². The third kappa shape index (κ3) is 2.08. The van der Waals surface area contributed by atoms with E-state index in [4.69, 9.17) is 9.26 Å². The smallest absolute Gasteiger partial charge is 0.214 e. The molecule has 0 N–H and O–H groups in total. The largest absolute Gasteiger partial charge is 0.481 e. The maximum absolute atomic E-state index is 5.26. The average molecular weight is 245 g/mol. The lowest BCUT2D eigenvalue weighted by atomic mass is 10.0. The molecule has 1 aliphatic carbocycles. The van der Waals surface area contributed by atoms with Crippen molar-refractivity contribution in [3.05, 3.63) is 24.2 Å². The standard InChI is InChI=1S/C13H15N3O2/c1-17-12-7-10(13-14-8-18-16-13)6-11(15-12)9-4-2-3-5-9/h6-9H,2-5H2,1H3. The van der Waals surface area contributed by atoms with E-state index in [1.807, 2.05) is 12.1 Å². The molecule has 94 valence electrons. The van der Waals surface area contributed by atoms with E-state index in [1.165, 1.54) is 32.1 Å². The van der Waals surface area contributed by atoms with Crippen LogP contribution < -0.4 is 4.74 Å². The molecule has 0 aliphatic heterocycles. The van der Waals surface area contributed by atoms with E-state index >= 15 is 0 Å². The molecule has 0 spiro atoms. The number of methoxy groups -OCH3 is 1. The Hall–Kier alpha value is -1.91. The van der Waals surface area contributed by atoms with E-state index in [-0.39, 0.29) is 0 Å². The van der Waals surface area contributed by atoms with Gasteiger partial charge < -0.3 is 9.26 Å². The summed E-state index contributed by atoms with van der Waals surface area (Å²) >= 11 is 0. The van der Waals surface area contributed by atoms with Crippen LogP contribution in [0.4, 0.5) is 0 Å². The molecule has 0 bridgehead atoms. The van der Waals surface area contributed by atoms with Gasteiger partial charge in [-0.05, 0) is 18.9 Å². The van der Waals surface area contributed by atoms with Gasteiger partial charge in [-0.1, -0.05) is 18.0 Å². The quantitative estimate of drug-likeness (QED) is 0.832. The number of aromatic nitrogens is 3. The summed E-state index contributed by atoms with van der Waals surface area (Å²) in [5.74, 6) is 1.72. The summed E-state index contributed by atoms with van der Waals surface area (Å²) in [7, 11) is 1.63. The molecule has 2 aromatic rings. The Morgan fingerprint density at radius 2 is 2.11 bits per heavy atom. The minimum absolute atomic E-state index is 0.533. The van der Waals surface area contributed by atoms with Crippen LogP contribution in [0.25, 0.3) is 11.4 Å². The van der Waals surface area contributed by atoms with Gasteiger partial charge in [-0.25, -0.2) is 4.98 Å². The maximum atomic E-state index is 5.26. The number of pyridine rings is 1. The van der Waals surface area contributed by atoms with Crippen molar-refractivity contribution in [2.45, 2.75) is 31.6 Å². The van der Waals surface area contributed by atoms with Gasteiger partial charge in [0.2, 0.25) is 18.1 Å². The van der Waals surface area contributed by atoms with Gasteiger partial charge in [0.05, 0.1) is 7.11 Å². The zero-order valence-electron chi connectivity index (χ0n) is 10.3. The molecule has 18 heavy (non-hydrogen) atoms. The molecule has 2 heterocycles. The molecule has 0 unspecified atom stereocenters. The van der Waals surface area contributed by atoms with Gasteiger partial charge in [0, 0.05) is 23.2 Å². The van der Waals surface area contributed by atoms with Gasteiger partial charge in [0.25, 0.3) is 0 Å². The molecule has 0 aromatic carbocycles. The van der Waals surface area contributed by atoms with Crippen LogP contribution in [0, 0.1) is 0 Å². The Kier molecular flexibility index (Phi) is 2.96. The summed E-state index contributed by atoms with van der Waals surface area (Å²) in [6, 6.07) is 3.88. The first-order valence-corrected chi connectivity index (χ1v) is 6.19. The highest BCUT2D eigenvalue weighted by atomic mass is 16.5. The van der Waals surface area contributed by atoms with E-state index in [0.29, 0.717) is 17.6 Å². The first kappa shape index (κ1) is 11.2. The Bertz CT molecular complexity index is 519. The van der Waals surface area contributed by atoms with Crippen LogP contribution in [0.15, 0.2) is 23.0 Å². The Morgan fingerprint density at radius 1 is 1.28 bits per heavy atom. The van der Waals surface area contributed by atoms with Crippen molar-refractivity contribution < 1.29 is 9.26 Å². The second-order valence-electron chi connectivity index (χ2n) is 4.56. The first-order valence-electron chi connectivity index (χ1n) is 6.19. The number of rotatable bonds is 3. The summed E-state index contributed by atoms with van der Waals surface area (Å²) in [6.07, 6.45) is 6.29. The Morgan fingerprint density at radius 3 is 2.78 bits per heavy atom. The van der Waals surface area contributed by atoms with Crippen molar-refractivity contribution in [2.24, 2.45) is 0 Å². The SMILES string of the molecule is COc1cc(-c2ncon2)cc(C2CCCC2)n1. The van der Waals surface area contributed by atoms with Gasteiger partial charge in [-0.3, -0.25) is 0 Å². The lowest BCUT2D eigenvalue weighted by molar-refractivity contribution is 0.395. The lowest BCUT2D eigenvalue weighted by Crippen LogP contribution is -2.00. The third-order valence-electron chi connectivity index (χ3n) is 3.42. The summed E-state index contributed by atoms with van der Waals surface area (Å²) < 4.78 is 10.0. The predicted molar refractivity (Wildman–Crippen MR) is 65.3 cm³/mol. The maximum Gasteiger partial charge on any atom is 0.214 e. The van der Waals surface area contributed by atoms with Crippen molar-refractivity contribution in [1.82, 2.24) is 15.1 Å². The van der Waals surface area contributed by atoms with Crippen LogP contribution in [0.1, 0.15) is 37.3 Å². The summed E-state index contributed by atoms with van der Waals surface area (Å²) in [5.41, 5.74) is 1.98. The number of hydrogen-bond donors (Lipinski definition) is 0. The monoisotopic (exact) mass is 245 g/mol. The average Bonchev–Trinajstić information content (AvgIpc) is 3.10. The molecular weight excluding hydrogens is 230 g/mol. The highest BCUT2D eigenvalue weighted by Gasteiger charge is 2.20. The van der Waals surface area contributed by atoms with Crippen LogP contribution >= 0.6 is 0 Å². The van der Waals surface area contributed by atoms with Crippen molar-refractivity contribution >= 4 is 0 Å². The normalized spacial score (nSPS) is 16.1. The molecule has 1 fully saturated rings. The highest BCUT2D eigenvalue weighted by Crippen LogP contribution is 2.35. The second-order valence-corrected chi connectivity index (χ2v) is 4.56. The first-order chi connectivity index (χ1) is 8.86. The van der Waals surface area contributed by atoms with Gasteiger partial charge in [0.1, 0.15) is 0 Å². The molecule has 3 rings (SSSR count). The van der Waals surface area contributed by atoms with Crippen molar-refractivity contribution in [3.8, 4) is 17.3 Å². The molecule has 0 saturated heterocycles. The molecule has 5 heteroatoms. The third-order valence-corrected chi connectivity index (χ3v) is 3.42. The number of ether oxygens (including phenoxy) is 1. The van der Waals surface area contributed by atoms with Gasteiger partial charge >= 0.3 is 0 Å². The summed E-state index contributed by atoms with van der Waals surface area (Å²) in [5, 5.41) is 3.86. The fourth-order valence-electron chi connectivity index (χ4n) is 2.49. The molecule has 1 aliphatic rings. The van der Waals surface area contributed by atoms with Crippen LogP contribution in [0.3, 0.4) is 0 Å². The second kappa shape index (κ2) is 4.76. The number of hydrogen-bond acceptors (Lipinski definition) is 5. The Balaban J connectivity index is 2.01. The van der Waals surface area contributed by atoms with Crippen molar-refractivity contribution in [3.63, 3.8) is 0 Å². The van der Waals surface area contributed by atoms with E-state index in [2.05, 4.69) is 15.1 Å². The zero-order chi connectivity index (χ0) is 12.4. The van der Waals surface area contributed by atoms with Crippen LogP contribution in [-0.4, -0.2) is 22.2 Å². The van der Waals surface area contributed by atoms with Crippen LogP contribution in [-0.2, 0) is 0 Å². The fraction of sp³-hybridized carbons (Fsp3) is 0.462. The van der Waals surface area contributed by atoms with E-state index in [0.717, 1.165) is 11.3 Å².